The zero-order valence-electron chi connectivity index (χ0n) is 48.4. The van der Waals surface area contributed by atoms with E-state index in [9.17, 15) is 43.2 Å². The van der Waals surface area contributed by atoms with Crippen LogP contribution in [0.25, 0.3) is 0 Å². The first kappa shape index (κ1) is 74.1. The lowest BCUT2D eigenvalue weighted by Crippen LogP contribution is -2.30. The summed E-state index contributed by atoms with van der Waals surface area (Å²) in [6.45, 7) is 7.01. The minimum Gasteiger partial charge on any atom is -0.462 e. The van der Waals surface area contributed by atoms with E-state index in [2.05, 4.69) is 34.6 Å². The van der Waals surface area contributed by atoms with Gasteiger partial charge in [0.1, 0.15) is 19.3 Å². The second-order valence-corrected chi connectivity index (χ2v) is 23.8. The molecule has 0 aliphatic rings. The van der Waals surface area contributed by atoms with Gasteiger partial charge in [-0.2, -0.15) is 0 Å². The number of hydrogen-bond donors (Lipinski definition) is 3. The van der Waals surface area contributed by atoms with Crippen molar-refractivity contribution in [2.24, 2.45) is 5.92 Å². The third-order valence-corrected chi connectivity index (χ3v) is 15.3. The average molecular weight is 1130 g/mol. The van der Waals surface area contributed by atoms with Gasteiger partial charge >= 0.3 is 39.5 Å². The molecular formula is C57H110O17P2. The van der Waals surface area contributed by atoms with Gasteiger partial charge in [0.25, 0.3) is 0 Å². The first-order valence-electron chi connectivity index (χ1n) is 30.2. The molecule has 450 valence electrons. The Balaban J connectivity index is 5.20. The second-order valence-electron chi connectivity index (χ2n) is 20.9. The molecule has 0 amide bonds. The predicted octanol–water partition coefficient (Wildman–Crippen LogP) is 15.1. The van der Waals surface area contributed by atoms with Crippen LogP contribution in [0.1, 0.15) is 279 Å². The summed E-state index contributed by atoms with van der Waals surface area (Å²) in [5.74, 6) is -1.42. The fourth-order valence-corrected chi connectivity index (χ4v) is 9.89. The number of phosphoric ester groups is 2. The number of unbranched alkanes of at least 4 members (excludes halogenated alkanes) is 28. The first-order chi connectivity index (χ1) is 36.6. The molecule has 0 bridgehead atoms. The molecule has 3 N–H and O–H groups in total. The van der Waals surface area contributed by atoms with E-state index in [0.717, 1.165) is 128 Å². The van der Waals surface area contributed by atoms with Gasteiger partial charge in [-0.3, -0.25) is 37.3 Å². The number of esters is 4. The zero-order chi connectivity index (χ0) is 56.4. The minimum atomic E-state index is -4.93. The Labute approximate surface area is 460 Å². The Morgan fingerprint density at radius 3 is 0.934 bits per heavy atom. The largest absolute Gasteiger partial charge is 0.472 e. The number of aliphatic hydroxyl groups excluding tert-OH is 1. The molecule has 19 heteroatoms. The van der Waals surface area contributed by atoms with Crippen LogP contribution in [0.15, 0.2) is 0 Å². The SMILES string of the molecule is CCCCCCCCCCCCCCC(=O)O[C@H](COC(=O)CCCCCCCCC(C)CC)COP(=O)(O)OC[C@@H](O)COP(=O)(O)OC[C@@H](COC(=O)CCCCCCCCC)OC(=O)CCCCCCCCC. The molecule has 76 heavy (non-hydrogen) atoms. The van der Waals surface area contributed by atoms with Gasteiger partial charge in [0.05, 0.1) is 26.4 Å². The fraction of sp³-hybridized carbons (Fsp3) is 0.930. The summed E-state index contributed by atoms with van der Waals surface area (Å²) in [5, 5.41) is 10.5. The van der Waals surface area contributed by atoms with Crippen LogP contribution in [-0.2, 0) is 65.4 Å². The lowest BCUT2D eigenvalue weighted by Gasteiger charge is -2.21. The monoisotopic (exact) mass is 1130 g/mol. The van der Waals surface area contributed by atoms with Crippen molar-refractivity contribution >= 4 is 39.5 Å². The van der Waals surface area contributed by atoms with Crippen LogP contribution in [0.5, 0.6) is 0 Å². The summed E-state index contributed by atoms with van der Waals surface area (Å²) in [7, 11) is -9.86. The van der Waals surface area contributed by atoms with Crippen LogP contribution in [-0.4, -0.2) is 96.7 Å². The van der Waals surface area contributed by atoms with E-state index in [4.69, 9.17) is 37.0 Å². The highest BCUT2D eigenvalue weighted by Gasteiger charge is 2.30. The van der Waals surface area contributed by atoms with Crippen molar-refractivity contribution in [3.63, 3.8) is 0 Å². The van der Waals surface area contributed by atoms with E-state index in [1.807, 2.05) is 0 Å². The molecule has 0 spiro atoms. The molecule has 0 rings (SSSR count). The number of ether oxygens (including phenoxy) is 4. The maximum absolute atomic E-state index is 12.9. The maximum atomic E-state index is 12.9. The molecule has 0 aliphatic heterocycles. The van der Waals surface area contributed by atoms with Crippen molar-refractivity contribution in [3.8, 4) is 0 Å². The molecule has 3 unspecified atom stereocenters. The molecule has 0 aromatic rings. The molecule has 0 saturated heterocycles. The van der Waals surface area contributed by atoms with Gasteiger partial charge in [-0.1, -0.05) is 227 Å². The molecule has 6 atom stereocenters. The molecule has 0 saturated carbocycles. The molecule has 0 fully saturated rings. The van der Waals surface area contributed by atoms with E-state index in [-0.39, 0.29) is 25.7 Å². The summed E-state index contributed by atoms with van der Waals surface area (Å²) >= 11 is 0. The van der Waals surface area contributed by atoms with Crippen LogP contribution in [0.4, 0.5) is 0 Å². The smallest absolute Gasteiger partial charge is 0.462 e. The topological polar surface area (TPSA) is 237 Å². The van der Waals surface area contributed by atoms with Crippen molar-refractivity contribution in [2.45, 2.75) is 297 Å². The molecule has 0 aliphatic carbocycles. The second kappa shape index (κ2) is 51.2. The molecule has 0 radical (unpaired) electrons. The highest BCUT2D eigenvalue weighted by molar-refractivity contribution is 7.47. The van der Waals surface area contributed by atoms with E-state index in [1.165, 1.54) is 70.6 Å². The van der Waals surface area contributed by atoms with E-state index < -0.39 is 97.5 Å². The van der Waals surface area contributed by atoms with Gasteiger partial charge in [-0.25, -0.2) is 9.13 Å². The summed E-state index contributed by atoms with van der Waals surface area (Å²) in [6, 6.07) is 0. The van der Waals surface area contributed by atoms with E-state index >= 15 is 0 Å². The third-order valence-electron chi connectivity index (χ3n) is 13.4. The number of rotatable bonds is 57. The van der Waals surface area contributed by atoms with Crippen molar-refractivity contribution < 1.29 is 80.2 Å². The normalized spacial score (nSPS) is 14.8. The summed E-state index contributed by atoms with van der Waals surface area (Å²) in [4.78, 5) is 71.6. The van der Waals surface area contributed by atoms with Gasteiger partial charge in [0, 0.05) is 25.7 Å². The number of hydrogen-bond acceptors (Lipinski definition) is 15. The number of carbonyl (C=O) groups excluding carboxylic acids is 4. The molecule has 0 heterocycles. The number of phosphoric acid groups is 2. The van der Waals surface area contributed by atoms with Gasteiger partial charge in [-0.05, 0) is 31.6 Å². The standard InChI is InChI=1S/C57H110O17P2/c1-6-10-13-16-19-20-21-22-23-26-33-38-43-57(62)74-53(47-68-55(60)41-36-31-28-27-29-34-39-50(5)9-4)49-72-76(65,66)70-45-51(58)44-69-75(63,64)71-48-52(73-56(61)42-37-32-25-18-15-12-8-3)46-67-54(59)40-35-30-24-17-14-11-7-2/h50-53,58H,6-49H2,1-5H3,(H,63,64)(H,65,66)/t50?,51-,52+,53+/m0/s1. The van der Waals surface area contributed by atoms with Crippen LogP contribution < -0.4 is 0 Å². The van der Waals surface area contributed by atoms with Gasteiger partial charge in [-0.15, -0.1) is 0 Å². The Kier molecular flexibility index (Phi) is 49.9. The lowest BCUT2D eigenvalue weighted by atomic mass is 10.00. The molecule has 0 aromatic heterocycles. The fourth-order valence-electron chi connectivity index (χ4n) is 8.31. The number of carbonyl (C=O) groups is 4. The summed E-state index contributed by atoms with van der Waals surface area (Å²) in [5.41, 5.74) is 0. The Morgan fingerprint density at radius 1 is 0.368 bits per heavy atom. The zero-order valence-corrected chi connectivity index (χ0v) is 50.2. The van der Waals surface area contributed by atoms with E-state index in [0.29, 0.717) is 25.7 Å². The Hall–Kier alpha value is -1.94. The highest BCUT2D eigenvalue weighted by atomic mass is 31.2. The van der Waals surface area contributed by atoms with Crippen molar-refractivity contribution in [2.75, 3.05) is 39.6 Å². The predicted molar refractivity (Wildman–Crippen MR) is 298 cm³/mol. The third kappa shape index (κ3) is 50.3. The number of aliphatic hydroxyl groups is 1. The van der Waals surface area contributed by atoms with Crippen molar-refractivity contribution in [1.82, 2.24) is 0 Å². The van der Waals surface area contributed by atoms with Crippen molar-refractivity contribution in [3.05, 3.63) is 0 Å². The molecule has 17 nitrogen and oxygen atoms in total. The van der Waals surface area contributed by atoms with Crippen LogP contribution >= 0.6 is 15.6 Å². The van der Waals surface area contributed by atoms with Crippen molar-refractivity contribution in [1.29, 1.82) is 0 Å². The summed E-state index contributed by atoms with van der Waals surface area (Å²) in [6.07, 6.45) is 32.3. The quantitative estimate of drug-likeness (QED) is 0.0222. The van der Waals surface area contributed by atoms with Crippen LogP contribution in [0.2, 0.25) is 0 Å². The van der Waals surface area contributed by atoms with Gasteiger partial charge in [0.2, 0.25) is 0 Å². The van der Waals surface area contributed by atoms with Crippen LogP contribution in [0.3, 0.4) is 0 Å². The molecule has 0 aromatic carbocycles. The Morgan fingerprint density at radius 2 is 0.632 bits per heavy atom. The average Bonchev–Trinajstić information content (AvgIpc) is 3.39. The lowest BCUT2D eigenvalue weighted by molar-refractivity contribution is -0.161. The maximum Gasteiger partial charge on any atom is 0.472 e. The molecular weight excluding hydrogens is 1020 g/mol. The first-order valence-corrected chi connectivity index (χ1v) is 33.2. The summed E-state index contributed by atoms with van der Waals surface area (Å²) < 4.78 is 67.5. The van der Waals surface area contributed by atoms with Gasteiger partial charge in [0.15, 0.2) is 12.2 Å². The van der Waals surface area contributed by atoms with Gasteiger partial charge < -0.3 is 33.8 Å². The minimum absolute atomic E-state index is 0.103. The van der Waals surface area contributed by atoms with E-state index in [1.54, 1.807) is 0 Å². The highest BCUT2D eigenvalue weighted by Crippen LogP contribution is 2.45. The van der Waals surface area contributed by atoms with Crippen LogP contribution in [0, 0.1) is 5.92 Å². The Bertz CT molecular complexity index is 1500.